The molecule has 0 saturated carbocycles. The van der Waals surface area contributed by atoms with E-state index in [-0.39, 0.29) is 6.54 Å². The minimum atomic E-state index is -3.07. The number of alkyl halides is 2. The second-order valence-corrected chi connectivity index (χ2v) is 6.61. The lowest BCUT2D eigenvalue weighted by Gasteiger charge is -2.22. The number of carbonyl (C=O) groups is 1. The summed E-state index contributed by atoms with van der Waals surface area (Å²) in [6.45, 7) is 3.92. The number of thiophene rings is 1. The molecule has 0 aliphatic rings. The van der Waals surface area contributed by atoms with Crippen molar-refractivity contribution in [2.45, 2.75) is 38.8 Å². The highest BCUT2D eigenvalue weighted by molar-refractivity contribution is 7.10. The smallest absolute Gasteiger partial charge is 0.407 e. The third-order valence-electron chi connectivity index (χ3n) is 2.34. The van der Waals surface area contributed by atoms with Crippen LogP contribution in [0.2, 0.25) is 0 Å². The molecular weight excluding hydrogens is 300 g/mol. The molecule has 0 unspecified atom stereocenters. The lowest BCUT2D eigenvalue weighted by Crippen LogP contribution is -2.44. The fourth-order valence-electron chi connectivity index (χ4n) is 1.43. The van der Waals surface area contributed by atoms with E-state index >= 15 is 0 Å². The van der Waals surface area contributed by atoms with Gasteiger partial charge in [-0.1, -0.05) is 0 Å². The number of nitrogen functional groups attached to an aromatic ring is 1. The standard InChI is InChI=1S/C13H21F2N3O2S/c1-12(2,3)20-11(19)18-8-13(14,15)7-17-6-10-9(16)4-5-21-10/h4-5,17H,6-8,16H2,1-3H3,(H,18,19). The van der Waals surface area contributed by atoms with Gasteiger partial charge in [-0.15, -0.1) is 11.3 Å². The summed E-state index contributed by atoms with van der Waals surface area (Å²) in [7, 11) is 0. The van der Waals surface area contributed by atoms with Crippen LogP contribution in [-0.4, -0.2) is 30.7 Å². The highest BCUT2D eigenvalue weighted by Gasteiger charge is 2.30. The van der Waals surface area contributed by atoms with Crippen LogP contribution in [0.15, 0.2) is 11.4 Å². The topological polar surface area (TPSA) is 76.4 Å². The quantitative estimate of drug-likeness (QED) is 0.753. The van der Waals surface area contributed by atoms with E-state index < -0.39 is 30.7 Å². The Labute approximate surface area is 126 Å². The first-order valence-electron chi connectivity index (χ1n) is 6.46. The molecule has 0 aromatic carbocycles. The maximum absolute atomic E-state index is 13.6. The largest absolute Gasteiger partial charge is 0.444 e. The van der Waals surface area contributed by atoms with Crippen molar-refractivity contribution >= 4 is 23.1 Å². The van der Waals surface area contributed by atoms with Crippen LogP contribution in [0.25, 0.3) is 0 Å². The van der Waals surface area contributed by atoms with Crippen molar-refractivity contribution in [3.63, 3.8) is 0 Å². The molecule has 1 aromatic rings. The van der Waals surface area contributed by atoms with Crippen LogP contribution < -0.4 is 16.4 Å². The minimum Gasteiger partial charge on any atom is -0.444 e. The van der Waals surface area contributed by atoms with Gasteiger partial charge in [-0.25, -0.2) is 13.6 Å². The first kappa shape index (κ1) is 17.6. The number of nitrogens with one attached hydrogen (secondary N) is 2. The maximum atomic E-state index is 13.6. The van der Waals surface area contributed by atoms with Gasteiger partial charge in [-0.05, 0) is 32.2 Å². The summed E-state index contributed by atoms with van der Waals surface area (Å²) in [4.78, 5) is 12.1. The second-order valence-electron chi connectivity index (χ2n) is 5.61. The van der Waals surface area contributed by atoms with Gasteiger partial charge in [0.05, 0.1) is 13.1 Å². The molecule has 0 aliphatic heterocycles. The zero-order chi connectivity index (χ0) is 16.1. The Bertz CT molecular complexity index is 472. The lowest BCUT2D eigenvalue weighted by molar-refractivity contribution is -0.00371. The monoisotopic (exact) mass is 321 g/mol. The molecule has 21 heavy (non-hydrogen) atoms. The van der Waals surface area contributed by atoms with Gasteiger partial charge in [0.2, 0.25) is 0 Å². The lowest BCUT2D eigenvalue weighted by atomic mass is 10.2. The zero-order valence-corrected chi connectivity index (χ0v) is 13.2. The Morgan fingerprint density at radius 3 is 2.57 bits per heavy atom. The third kappa shape index (κ3) is 7.24. The molecule has 8 heteroatoms. The maximum Gasteiger partial charge on any atom is 0.407 e. The Kier molecular flexibility index (Phi) is 5.91. The van der Waals surface area contributed by atoms with E-state index in [0.29, 0.717) is 5.69 Å². The van der Waals surface area contributed by atoms with Gasteiger partial charge < -0.3 is 21.1 Å². The summed E-state index contributed by atoms with van der Waals surface area (Å²) in [5.74, 6) is -3.07. The molecule has 1 rings (SSSR count). The molecule has 0 spiro atoms. The average Bonchev–Trinajstić information content (AvgIpc) is 2.71. The Morgan fingerprint density at radius 2 is 2.05 bits per heavy atom. The number of anilines is 1. The number of carbonyl (C=O) groups excluding carboxylic acids is 1. The normalized spacial score (nSPS) is 12.2. The van der Waals surface area contributed by atoms with E-state index in [2.05, 4.69) is 10.6 Å². The van der Waals surface area contributed by atoms with Crippen molar-refractivity contribution in [3.8, 4) is 0 Å². The van der Waals surface area contributed by atoms with Crippen LogP contribution in [0.5, 0.6) is 0 Å². The second kappa shape index (κ2) is 7.04. The number of amides is 1. The predicted molar refractivity (Wildman–Crippen MR) is 79.6 cm³/mol. The van der Waals surface area contributed by atoms with Crippen LogP contribution in [0.3, 0.4) is 0 Å². The summed E-state index contributed by atoms with van der Waals surface area (Å²) in [6.07, 6.45) is -0.857. The molecule has 0 fully saturated rings. The molecule has 4 N–H and O–H groups in total. The summed E-state index contributed by atoms with van der Waals surface area (Å²) in [5, 5.41) is 6.49. The van der Waals surface area contributed by atoms with Crippen LogP contribution in [-0.2, 0) is 11.3 Å². The van der Waals surface area contributed by atoms with Crippen molar-refractivity contribution in [1.82, 2.24) is 10.6 Å². The first-order chi connectivity index (χ1) is 9.59. The highest BCUT2D eigenvalue weighted by Crippen LogP contribution is 2.19. The SMILES string of the molecule is CC(C)(C)OC(=O)NCC(F)(F)CNCc1sccc1N. The summed E-state index contributed by atoms with van der Waals surface area (Å²) in [5.41, 5.74) is 5.53. The Morgan fingerprint density at radius 1 is 1.38 bits per heavy atom. The first-order valence-corrected chi connectivity index (χ1v) is 7.34. The van der Waals surface area contributed by atoms with Crippen molar-refractivity contribution in [1.29, 1.82) is 0 Å². The number of rotatable bonds is 6. The van der Waals surface area contributed by atoms with E-state index in [0.717, 1.165) is 4.88 Å². The van der Waals surface area contributed by atoms with E-state index in [1.54, 1.807) is 32.2 Å². The van der Waals surface area contributed by atoms with Crippen molar-refractivity contribution in [2.75, 3.05) is 18.8 Å². The number of alkyl carbamates (subject to hydrolysis) is 1. The van der Waals surface area contributed by atoms with Gasteiger partial charge in [-0.3, -0.25) is 0 Å². The highest BCUT2D eigenvalue weighted by atomic mass is 32.1. The fraction of sp³-hybridized carbons (Fsp3) is 0.615. The van der Waals surface area contributed by atoms with E-state index in [1.807, 2.05) is 0 Å². The van der Waals surface area contributed by atoms with Crippen LogP contribution in [0.4, 0.5) is 19.3 Å². The number of hydrogen-bond donors (Lipinski definition) is 3. The molecule has 0 radical (unpaired) electrons. The third-order valence-corrected chi connectivity index (χ3v) is 3.28. The van der Waals surface area contributed by atoms with Crippen LogP contribution in [0.1, 0.15) is 25.6 Å². The number of ether oxygens (including phenoxy) is 1. The molecule has 0 atom stereocenters. The van der Waals surface area contributed by atoms with E-state index in [4.69, 9.17) is 10.5 Å². The number of nitrogens with two attached hydrogens (primary N) is 1. The predicted octanol–water partition coefficient (Wildman–Crippen LogP) is 2.58. The van der Waals surface area contributed by atoms with Crippen LogP contribution >= 0.6 is 11.3 Å². The van der Waals surface area contributed by atoms with Gasteiger partial charge in [0, 0.05) is 17.1 Å². The molecule has 1 heterocycles. The molecule has 0 aliphatic carbocycles. The molecule has 120 valence electrons. The van der Waals surface area contributed by atoms with Gasteiger partial charge in [0.25, 0.3) is 5.92 Å². The Hall–Kier alpha value is -1.41. The van der Waals surface area contributed by atoms with Crippen molar-refractivity contribution in [2.24, 2.45) is 0 Å². The molecule has 1 amide bonds. The molecule has 0 bridgehead atoms. The van der Waals surface area contributed by atoms with Gasteiger partial charge in [-0.2, -0.15) is 0 Å². The average molecular weight is 321 g/mol. The zero-order valence-electron chi connectivity index (χ0n) is 12.3. The van der Waals surface area contributed by atoms with Crippen molar-refractivity contribution < 1.29 is 18.3 Å². The van der Waals surface area contributed by atoms with Gasteiger partial charge >= 0.3 is 6.09 Å². The summed E-state index contributed by atoms with van der Waals surface area (Å²) < 4.78 is 32.1. The summed E-state index contributed by atoms with van der Waals surface area (Å²) >= 11 is 1.40. The van der Waals surface area contributed by atoms with Gasteiger partial charge in [0.1, 0.15) is 5.60 Å². The molecule has 5 nitrogen and oxygen atoms in total. The van der Waals surface area contributed by atoms with Crippen LogP contribution in [0, 0.1) is 0 Å². The Balaban J connectivity index is 2.30. The molecular formula is C13H21F2N3O2S. The number of halogens is 2. The van der Waals surface area contributed by atoms with Gasteiger partial charge in [0.15, 0.2) is 0 Å². The fourth-order valence-corrected chi connectivity index (χ4v) is 2.20. The van der Waals surface area contributed by atoms with Crippen molar-refractivity contribution in [3.05, 3.63) is 16.3 Å². The van der Waals surface area contributed by atoms with E-state index in [9.17, 15) is 13.6 Å². The molecule has 0 saturated heterocycles. The molecule has 1 aromatic heterocycles. The number of hydrogen-bond acceptors (Lipinski definition) is 5. The summed E-state index contributed by atoms with van der Waals surface area (Å²) in [6, 6.07) is 1.73. The van der Waals surface area contributed by atoms with E-state index in [1.165, 1.54) is 11.3 Å². The minimum absolute atomic E-state index is 0.269.